The number of hydrogen-bond donors (Lipinski definition) is 2. The van der Waals surface area contributed by atoms with Gasteiger partial charge in [0.05, 0.1) is 0 Å². The number of amidine groups is 1. The summed E-state index contributed by atoms with van der Waals surface area (Å²) in [6.07, 6.45) is 1.29. The van der Waals surface area contributed by atoms with Gasteiger partial charge < -0.3 is 15.7 Å². The summed E-state index contributed by atoms with van der Waals surface area (Å²) >= 11 is 0. The minimum absolute atomic E-state index is 0.00306. The van der Waals surface area contributed by atoms with Crippen LogP contribution in [0.25, 0.3) is 0 Å². The number of hydrogen-bond acceptors (Lipinski definition) is 3. The minimum Gasteiger partial charge on any atom is -0.489 e. The van der Waals surface area contributed by atoms with Crippen LogP contribution >= 0.6 is 0 Å². The molecule has 14 heavy (non-hydrogen) atoms. The Bertz CT molecular complexity index is 338. The maximum Gasteiger partial charge on any atom is 0.142 e. The monoisotopic (exact) mass is 192 g/mol. The van der Waals surface area contributed by atoms with Crippen LogP contribution in [0, 0.1) is 0 Å². The molecule has 0 radical (unpaired) electrons. The topological polar surface area (TPSA) is 67.8 Å². The van der Waals surface area contributed by atoms with Gasteiger partial charge in [0.15, 0.2) is 0 Å². The smallest absolute Gasteiger partial charge is 0.142 e. The van der Waals surface area contributed by atoms with Gasteiger partial charge in [-0.3, -0.25) is 0 Å². The van der Waals surface area contributed by atoms with E-state index in [0.717, 1.165) is 12.2 Å². The largest absolute Gasteiger partial charge is 0.489 e. The average molecular weight is 192 g/mol. The van der Waals surface area contributed by atoms with E-state index in [2.05, 4.69) is 5.16 Å². The Morgan fingerprint density at radius 1 is 1.57 bits per heavy atom. The molecule has 3 N–H and O–H groups in total. The highest BCUT2D eigenvalue weighted by Gasteiger charge is 2.22. The molecule has 1 aliphatic heterocycles. The number of nitrogens with zero attached hydrogens (tertiary/aromatic N) is 1. The van der Waals surface area contributed by atoms with E-state index >= 15 is 0 Å². The van der Waals surface area contributed by atoms with Crippen LogP contribution in [0.5, 0.6) is 5.75 Å². The first-order valence-corrected chi connectivity index (χ1v) is 4.50. The Hall–Kier alpha value is -1.71. The zero-order valence-corrected chi connectivity index (χ0v) is 7.68. The van der Waals surface area contributed by atoms with Crippen LogP contribution in [0.2, 0.25) is 0 Å². The Morgan fingerprint density at radius 2 is 2.36 bits per heavy atom. The van der Waals surface area contributed by atoms with Gasteiger partial charge in [0.1, 0.15) is 17.7 Å². The fraction of sp³-hybridized carbons (Fsp3) is 0.300. The van der Waals surface area contributed by atoms with Crippen molar-refractivity contribution in [2.75, 3.05) is 0 Å². The van der Waals surface area contributed by atoms with Gasteiger partial charge in [0, 0.05) is 12.8 Å². The molecule has 0 aromatic heterocycles. The van der Waals surface area contributed by atoms with Crippen molar-refractivity contribution in [3.05, 3.63) is 29.8 Å². The lowest BCUT2D eigenvalue weighted by Gasteiger charge is -2.08. The van der Waals surface area contributed by atoms with Crippen molar-refractivity contribution < 1.29 is 9.94 Å². The third kappa shape index (κ3) is 1.64. The summed E-state index contributed by atoms with van der Waals surface area (Å²) in [6.45, 7) is 0. The van der Waals surface area contributed by atoms with E-state index < -0.39 is 0 Å². The first kappa shape index (κ1) is 8.87. The number of ether oxygens (including phenoxy) is 1. The highest BCUT2D eigenvalue weighted by atomic mass is 16.5. The highest BCUT2D eigenvalue weighted by Crippen LogP contribution is 2.29. The van der Waals surface area contributed by atoms with Gasteiger partial charge in [-0.15, -0.1) is 0 Å². The van der Waals surface area contributed by atoms with E-state index in [1.54, 1.807) is 0 Å². The third-order valence-electron chi connectivity index (χ3n) is 2.28. The second kappa shape index (κ2) is 3.57. The maximum atomic E-state index is 8.42. The molecule has 4 heteroatoms. The minimum atomic E-state index is 0.00306. The van der Waals surface area contributed by atoms with Crippen LogP contribution in [-0.2, 0) is 6.42 Å². The zero-order chi connectivity index (χ0) is 9.97. The molecule has 1 atom stereocenters. The van der Waals surface area contributed by atoms with Gasteiger partial charge in [-0.2, -0.15) is 0 Å². The van der Waals surface area contributed by atoms with Crippen molar-refractivity contribution in [1.82, 2.24) is 0 Å². The first-order valence-electron chi connectivity index (χ1n) is 4.50. The fourth-order valence-corrected chi connectivity index (χ4v) is 1.64. The molecule has 74 valence electrons. The standard InChI is InChI=1S/C10H12N2O2/c11-10(12-13)6-8-5-7-3-1-2-4-9(7)14-8/h1-4,8,13H,5-6H2,(H2,11,12). The van der Waals surface area contributed by atoms with E-state index in [9.17, 15) is 0 Å². The molecule has 1 heterocycles. The molecule has 0 spiro atoms. The van der Waals surface area contributed by atoms with E-state index in [1.165, 1.54) is 5.56 Å². The predicted molar refractivity (Wildman–Crippen MR) is 52.6 cm³/mol. The quantitative estimate of drug-likeness (QED) is 0.319. The lowest BCUT2D eigenvalue weighted by Crippen LogP contribution is -2.23. The van der Waals surface area contributed by atoms with Crippen molar-refractivity contribution in [3.8, 4) is 5.75 Å². The number of fused-ring (bicyclic) bond motifs is 1. The molecule has 0 saturated carbocycles. The van der Waals surface area contributed by atoms with Crippen molar-refractivity contribution in [1.29, 1.82) is 0 Å². The number of nitrogens with two attached hydrogens (primary N) is 1. The van der Waals surface area contributed by atoms with Crippen molar-refractivity contribution >= 4 is 5.84 Å². The first-order chi connectivity index (χ1) is 6.79. The van der Waals surface area contributed by atoms with E-state index in [-0.39, 0.29) is 11.9 Å². The molecule has 4 nitrogen and oxygen atoms in total. The van der Waals surface area contributed by atoms with Gasteiger partial charge in [-0.1, -0.05) is 23.4 Å². The lowest BCUT2D eigenvalue weighted by atomic mass is 10.1. The second-order valence-corrected chi connectivity index (χ2v) is 3.35. The number of oxime groups is 1. The maximum absolute atomic E-state index is 8.42. The summed E-state index contributed by atoms with van der Waals surface area (Å²) in [5, 5.41) is 11.3. The lowest BCUT2D eigenvalue weighted by molar-refractivity contribution is 0.237. The second-order valence-electron chi connectivity index (χ2n) is 3.35. The SMILES string of the molecule is NC(CC1Cc2ccccc2O1)=NO. The Balaban J connectivity index is 2.05. The Morgan fingerprint density at radius 3 is 3.07 bits per heavy atom. The van der Waals surface area contributed by atoms with Crippen LogP contribution in [-0.4, -0.2) is 17.1 Å². The zero-order valence-electron chi connectivity index (χ0n) is 7.68. The normalized spacial score (nSPS) is 20.3. The molecule has 0 amide bonds. The molecular formula is C10H12N2O2. The van der Waals surface area contributed by atoms with Crippen LogP contribution in [0.3, 0.4) is 0 Å². The van der Waals surface area contributed by atoms with Crippen LogP contribution < -0.4 is 10.5 Å². The predicted octanol–water partition coefficient (Wildman–Crippen LogP) is 1.13. The number of rotatable bonds is 2. The molecule has 1 unspecified atom stereocenters. The van der Waals surface area contributed by atoms with Crippen molar-refractivity contribution in [2.24, 2.45) is 10.9 Å². The molecule has 0 fully saturated rings. The van der Waals surface area contributed by atoms with E-state index in [4.69, 9.17) is 15.7 Å². The summed E-state index contributed by atoms with van der Waals surface area (Å²) < 4.78 is 5.61. The van der Waals surface area contributed by atoms with Crippen LogP contribution in [0.1, 0.15) is 12.0 Å². The molecule has 0 saturated heterocycles. The van der Waals surface area contributed by atoms with Crippen molar-refractivity contribution in [2.45, 2.75) is 18.9 Å². The van der Waals surface area contributed by atoms with Crippen LogP contribution in [0.4, 0.5) is 0 Å². The van der Waals surface area contributed by atoms with Crippen molar-refractivity contribution in [3.63, 3.8) is 0 Å². The molecule has 2 rings (SSSR count). The molecular weight excluding hydrogens is 180 g/mol. The summed E-state index contributed by atoms with van der Waals surface area (Å²) in [6, 6.07) is 7.88. The Labute approximate surface area is 82.0 Å². The summed E-state index contributed by atoms with van der Waals surface area (Å²) in [4.78, 5) is 0. The molecule has 0 aliphatic carbocycles. The third-order valence-corrected chi connectivity index (χ3v) is 2.28. The Kier molecular flexibility index (Phi) is 2.26. The molecule has 1 aromatic rings. The molecule has 0 bridgehead atoms. The summed E-state index contributed by atoms with van der Waals surface area (Å²) in [7, 11) is 0. The molecule has 1 aromatic carbocycles. The summed E-state index contributed by atoms with van der Waals surface area (Å²) in [5.74, 6) is 1.12. The van der Waals surface area contributed by atoms with E-state index in [0.29, 0.717) is 6.42 Å². The average Bonchev–Trinajstić information content (AvgIpc) is 2.59. The van der Waals surface area contributed by atoms with Gasteiger partial charge in [0.2, 0.25) is 0 Å². The number of para-hydroxylation sites is 1. The van der Waals surface area contributed by atoms with Gasteiger partial charge in [0.25, 0.3) is 0 Å². The van der Waals surface area contributed by atoms with Gasteiger partial charge in [-0.25, -0.2) is 0 Å². The van der Waals surface area contributed by atoms with Gasteiger partial charge in [-0.05, 0) is 11.6 Å². The fourth-order valence-electron chi connectivity index (χ4n) is 1.64. The van der Waals surface area contributed by atoms with Crippen LogP contribution in [0.15, 0.2) is 29.4 Å². The summed E-state index contributed by atoms with van der Waals surface area (Å²) in [5.41, 5.74) is 6.59. The van der Waals surface area contributed by atoms with Gasteiger partial charge >= 0.3 is 0 Å². The van der Waals surface area contributed by atoms with E-state index in [1.807, 2.05) is 24.3 Å². The molecule has 1 aliphatic rings. The highest BCUT2D eigenvalue weighted by molar-refractivity contribution is 5.80. The number of benzene rings is 1.